The van der Waals surface area contributed by atoms with E-state index in [4.69, 9.17) is 9.47 Å². The SMILES string of the molecule is c1cc(C[NH2+]CC2CCCCC2)c2c(c1)OCO2. The number of fused-ring (bicyclic) bond motifs is 1. The summed E-state index contributed by atoms with van der Waals surface area (Å²) >= 11 is 0. The molecule has 3 heteroatoms. The fourth-order valence-corrected chi connectivity index (χ4v) is 3.05. The van der Waals surface area contributed by atoms with Crippen molar-refractivity contribution in [3.63, 3.8) is 0 Å². The lowest BCUT2D eigenvalue weighted by atomic mass is 9.89. The standard InChI is InChI=1S/C15H21NO2/c1-2-5-12(6-3-1)9-16-10-13-7-4-8-14-15(13)18-11-17-14/h4,7-8,12,16H,1-3,5-6,9-11H2/p+1. The summed E-state index contributed by atoms with van der Waals surface area (Å²) < 4.78 is 10.9. The first kappa shape index (κ1) is 11.8. The molecule has 0 unspecified atom stereocenters. The molecule has 1 saturated carbocycles. The number of ether oxygens (including phenoxy) is 2. The highest BCUT2D eigenvalue weighted by Crippen LogP contribution is 2.34. The van der Waals surface area contributed by atoms with E-state index in [1.165, 1.54) is 44.2 Å². The maximum absolute atomic E-state index is 5.53. The van der Waals surface area contributed by atoms with E-state index < -0.39 is 0 Å². The molecule has 0 saturated heterocycles. The van der Waals surface area contributed by atoms with E-state index in [-0.39, 0.29) is 0 Å². The third-order valence-corrected chi connectivity index (χ3v) is 4.07. The summed E-state index contributed by atoms with van der Waals surface area (Å²) in [4.78, 5) is 0. The van der Waals surface area contributed by atoms with Crippen molar-refractivity contribution in [1.82, 2.24) is 0 Å². The summed E-state index contributed by atoms with van der Waals surface area (Å²) in [6, 6.07) is 6.18. The molecule has 2 N–H and O–H groups in total. The van der Waals surface area contributed by atoms with Gasteiger partial charge in [0.1, 0.15) is 6.54 Å². The lowest BCUT2D eigenvalue weighted by Crippen LogP contribution is -2.84. The van der Waals surface area contributed by atoms with E-state index in [2.05, 4.69) is 17.4 Å². The first-order chi connectivity index (χ1) is 8.93. The molecule has 0 radical (unpaired) electrons. The quantitative estimate of drug-likeness (QED) is 0.885. The van der Waals surface area contributed by atoms with Crippen molar-refractivity contribution in [2.24, 2.45) is 5.92 Å². The Morgan fingerprint density at radius 1 is 1.11 bits per heavy atom. The number of hydrogen-bond donors (Lipinski definition) is 1. The van der Waals surface area contributed by atoms with Crippen molar-refractivity contribution in [2.75, 3.05) is 13.3 Å². The Labute approximate surface area is 108 Å². The van der Waals surface area contributed by atoms with E-state index in [0.717, 1.165) is 24.0 Å². The van der Waals surface area contributed by atoms with Gasteiger partial charge < -0.3 is 14.8 Å². The molecule has 0 spiro atoms. The highest BCUT2D eigenvalue weighted by atomic mass is 16.7. The third kappa shape index (κ3) is 2.61. The van der Waals surface area contributed by atoms with E-state index in [9.17, 15) is 0 Å². The summed E-state index contributed by atoms with van der Waals surface area (Å²) in [5.74, 6) is 2.78. The monoisotopic (exact) mass is 248 g/mol. The Bertz CT molecular complexity index is 399. The predicted molar refractivity (Wildman–Crippen MR) is 69.6 cm³/mol. The van der Waals surface area contributed by atoms with Crippen molar-refractivity contribution < 1.29 is 14.8 Å². The second kappa shape index (κ2) is 5.61. The summed E-state index contributed by atoms with van der Waals surface area (Å²) in [5, 5.41) is 2.42. The smallest absolute Gasteiger partial charge is 0.231 e. The van der Waals surface area contributed by atoms with Gasteiger partial charge in [0, 0.05) is 5.92 Å². The molecular formula is C15H22NO2+. The van der Waals surface area contributed by atoms with Crippen LogP contribution in [0.25, 0.3) is 0 Å². The number of benzene rings is 1. The number of para-hydroxylation sites is 1. The van der Waals surface area contributed by atoms with Gasteiger partial charge in [0.2, 0.25) is 6.79 Å². The molecule has 1 aliphatic carbocycles. The van der Waals surface area contributed by atoms with E-state index in [0.29, 0.717) is 6.79 Å². The van der Waals surface area contributed by atoms with Crippen molar-refractivity contribution in [3.05, 3.63) is 23.8 Å². The Morgan fingerprint density at radius 3 is 2.89 bits per heavy atom. The normalized spacial score (nSPS) is 19.1. The molecule has 3 nitrogen and oxygen atoms in total. The topological polar surface area (TPSA) is 35.1 Å². The highest BCUT2D eigenvalue weighted by Gasteiger charge is 2.19. The summed E-state index contributed by atoms with van der Waals surface area (Å²) in [7, 11) is 0. The molecule has 1 aromatic rings. The number of quaternary nitrogens is 1. The molecule has 18 heavy (non-hydrogen) atoms. The Balaban J connectivity index is 1.52. The Hall–Kier alpha value is -1.22. The van der Waals surface area contributed by atoms with Crippen LogP contribution in [-0.2, 0) is 6.54 Å². The molecule has 1 heterocycles. The van der Waals surface area contributed by atoms with Crippen LogP contribution in [0.2, 0.25) is 0 Å². The lowest BCUT2D eigenvalue weighted by Gasteiger charge is -2.19. The van der Waals surface area contributed by atoms with Gasteiger partial charge in [-0.05, 0) is 25.0 Å². The highest BCUT2D eigenvalue weighted by molar-refractivity contribution is 5.47. The van der Waals surface area contributed by atoms with Gasteiger partial charge >= 0.3 is 0 Å². The molecule has 1 fully saturated rings. The largest absolute Gasteiger partial charge is 0.454 e. The molecule has 0 aromatic heterocycles. The van der Waals surface area contributed by atoms with Crippen LogP contribution >= 0.6 is 0 Å². The first-order valence-corrected chi connectivity index (χ1v) is 7.12. The van der Waals surface area contributed by atoms with Gasteiger partial charge in [-0.1, -0.05) is 25.3 Å². The fourth-order valence-electron chi connectivity index (χ4n) is 3.05. The minimum atomic E-state index is 0.370. The number of nitrogens with two attached hydrogens (primary N) is 1. The van der Waals surface area contributed by atoms with Crippen molar-refractivity contribution in [2.45, 2.75) is 38.6 Å². The maximum atomic E-state index is 5.53. The van der Waals surface area contributed by atoms with E-state index in [1.54, 1.807) is 0 Å². The van der Waals surface area contributed by atoms with Crippen LogP contribution in [0.15, 0.2) is 18.2 Å². The number of rotatable bonds is 4. The fraction of sp³-hybridized carbons (Fsp3) is 0.600. The molecule has 1 aromatic carbocycles. The Morgan fingerprint density at radius 2 is 2.00 bits per heavy atom. The van der Waals surface area contributed by atoms with Gasteiger partial charge in [0.15, 0.2) is 11.5 Å². The molecule has 2 aliphatic rings. The first-order valence-electron chi connectivity index (χ1n) is 7.12. The van der Waals surface area contributed by atoms with Gasteiger partial charge in [0.25, 0.3) is 0 Å². The van der Waals surface area contributed by atoms with Crippen molar-refractivity contribution in [3.8, 4) is 11.5 Å². The van der Waals surface area contributed by atoms with Crippen LogP contribution in [0.5, 0.6) is 11.5 Å². The average molecular weight is 248 g/mol. The predicted octanol–water partition coefficient (Wildman–Crippen LogP) is 2.06. The zero-order valence-corrected chi connectivity index (χ0v) is 10.9. The molecule has 3 rings (SSSR count). The van der Waals surface area contributed by atoms with Crippen LogP contribution in [0.4, 0.5) is 0 Å². The Kier molecular flexibility index (Phi) is 3.69. The molecular weight excluding hydrogens is 226 g/mol. The van der Waals surface area contributed by atoms with Gasteiger partial charge in [-0.25, -0.2) is 0 Å². The number of hydrogen-bond acceptors (Lipinski definition) is 2. The third-order valence-electron chi connectivity index (χ3n) is 4.07. The second-order valence-corrected chi connectivity index (χ2v) is 5.38. The minimum Gasteiger partial charge on any atom is -0.454 e. The zero-order valence-electron chi connectivity index (χ0n) is 10.9. The van der Waals surface area contributed by atoms with E-state index >= 15 is 0 Å². The zero-order chi connectivity index (χ0) is 12.2. The van der Waals surface area contributed by atoms with Crippen LogP contribution in [-0.4, -0.2) is 13.3 Å². The molecule has 0 amide bonds. The second-order valence-electron chi connectivity index (χ2n) is 5.38. The average Bonchev–Trinajstić information content (AvgIpc) is 2.89. The van der Waals surface area contributed by atoms with Crippen LogP contribution in [0.1, 0.15) is 37.7 Å². The summed E-state index contributed by atoms with van der Waals surface area (Å²) in [5.41, 5.74) is 1.26. The van der Waals surface area contributed by atoms with Gasteiger partial charge in [-0.2, -0.15) is 0 Å². The molecule has 0 atom stereocenters. The summed E-state index contributed by atoms with van der Waals surface area (Å²) in [6.07, 6.45) is 7.13. The van der Waals surface area contributed by atoms with Crippen LogP contribution < -0.4 is 14.8 Å². The lowest BCUT2D eigenvalue weighted by molar-refractivity contribution is -0.676. The van der Waals surface area contributed by atoms with Gasteiger partial charge in [0.05, 0.1) is 12.1 Å². The maximum Gasteiger partial charge on any atom is 0.231 e. The molecule has 1 aliphatic heterocycles. The van der Waals surface area contributed by atoms with Gasteiger partial charge in [-0.15, -0.1) is 0 Å². The van der Waals surface area contributed by atoms with Crippen LogP contribution in [0.3, 0.4) is 0 Å². The minimum absolute atomic E-state index is 0.370. The molecule has 0 bridgehead atoms. The van der Waals surface area contributed by atoms with Crippen molar-refractivity contribution in [1.29, 1.82) is 0 Å². The van der Waals surface area contributed by atoms with Gasteiger partial charge in [-0.3, -0.25) is 0 Å². The summed E-state index contributed by atoms with van der Waals surface area (Å²) in [6.45, 7) is 2.63. The van der Waals surface area contributed by atoms with Crippen LogP contribution in [0, 0.1) is 5.92 Å². The molecule has 98 valence electrons. The van der Waals surface area contributed by atoms with Crippen molar-refractivity contribution >= 4 is 0 Å². The van der Waals surface area contributed by atoms with E-state index in [1.807, 2.05) is 6.07 Å².